The van der Waals surface area contributed by atoms with E-state index in [1.807, 2.05) is 42.5 Å². The summed E-state index contributed by atoms with van der Waals surface area (Å²) in [5, 5.41) is 0.852. The van der Waals surface area contributed by atoms with Gasteiger partial charge in [-0.1, -0.05) is 24.3 Å². The molecule has 2 amide bonds. The third-order valence-corrected chi connectivity index (χ3v) is 6.53. The summed E-state index contributed by atoms with van der Waals surface area (Å²) in [6.07, 6.45) is -0.663. The van der Waals surface area contributed by atoms with Crippen molar-refractivity contribution >= 4 is 33.4 Å². The maximum Gasteiger partial charge on any atom is 0.267 e. The molecular formula is C23H23N3O5S. The minimum atomic E-state index is -0.663. The highest BCUT2D eigenvalue weighted by Crippen LogP contribution is 2.31. The fourth-order valence-electron chi connectivity index (χ4n) is 3.82. The highest BCUT2D eigenvalue weighted by Gasteiger charge is 2.33. The maximum absolute atomic E-state index is 12.8. The monoisotopic (exact) mass is 453 g/mol. The molecule has 0 bridgehead atoms. The van der Waals surface area contributed by atoms with Crippen LogP contribution in [0, 0.1) is 0 Å². The normalized spacial score (nSPS) is 18.1. The molecule has 32 heavy (non-hydrogen) atoms. The zero-order valence-corrected chi connectivity index (χ0v) is 18.3. The number of nitrogens with zero attached hydrogens (tertiary/aromatic N) is 3. The third kappa shape index (κ3) is 4.39. The lowest BCUT2D eigenvalue weighted by molar-refractivity contribution is -0.147. The van der Waals surface area contributed by atoms with Crippen LogP contribution in [0.15, 0.2) is 48.5 Å². The quantitative estimate of drug-likeness (QED) is 0.590. The summed E-state index contributed by atoms with van der Waals surface area (Å²) in [6.45, 7) is 2.37. The fourth-order valence-corrected chi connectivity index (χ4v) is 4.72. The Kier molecular flexibility index (Phi) is 5.91. The number of rotatable bonds is 5. The highest BCUT2D eigenvalue weighted by atomic mass is 32.1. The van der Waals surface area contributed by atoms with Gasteiger partial charge in [0.05, 0.1) is 16.8 Å². The molecular weight excluding hydrogens is 430 g/mol. The summed E-state index contributed by atoms with van der Waals surface area (Å²) in [5.41, 5.74) is 0.944. The second kappa shape index (κ2) is 9.13. The van der Waals surface area contributed by atoms with Gasteiger partial charge in [-0.25, -0.2) is 4.98 Å². The third-order valence-electron chi connectivity index (χ3n) is 5.52. The van der Waals surface area contributed by atoms with Crippen molar-refractivity contribution in [1.82, 2.24) is 14.8 Å². The number of para-hydroxylation sites is 3. The number of hydrogen-bond acceptors (Lipinski definition) is 7. The standard InChI is InChI=1S/C23H23N3O5S/c27-22(15-29-14-21-24-16-5-1-4-8-20(16)32-21)25-9-11-26(12-10-25)23(28)19-13-30-17-6-2-3-7-18(17)31-19/h1-8,19H,9-15H2. The van der Waals surface area contributed by atoms with Gasteiger partial charge in [0.25, 0.3) is 5.91 Å². The van der Waals surface area contributed by atoms with Crippen LogP contribution in [0.2, 0.25) is 0 Å². The maximum atomic E-state index is 12.8. The molecule has 5 rings (SSSR count). The summed E-state index contributed by atoms with van der Waals surface area (Å²) in [7, 11) is 0. The van der Waals surface area contributed by atoms with Crippen LogP contribution < -0.4 is 9.47 Å². The van der Waals surface area contributed by atoms with Crippen molar-refractivity contribution in [2.75, 3.05) is 39.4 Å². The molecule has 1 aromatic heterocycles. The average Bonchev–Trinajstić information content (AvgIpc) is 3.26. The molecule has 0 radical (unpaired) electrons. The Hall–Kier alpha value is -3.17. The van der Waals surface area contributed by atoms with Crippen LogP contribution in [0.1, 0.15) is 5.01 Å². The van der Waals surface area contributed by atoms with Crippen molar-refractivity contribution in [3.63, 3.8) is 0 Å². The minimum absolute atomic E-state index is 0.000230. The number of carbonyl (C=O) groups is 2. The molecule has 9 heteroatoms. The van der Waals surface area contributed by atoms with E-state index >= 15 is 0 Å². The van der Waals surface area contributed by atoms with Crippen molar-refractivity contribution in [1.29, 1.82) is 0 Å². The number of fused-ring (bicyclic) bond motifs is 2. The predicted octanol–water partition coefficient (Wildman–Crippen LogP) is 2.32. The van der Waals surface area contributed by atoms with E-state index in [9.17, 15) is 9.59 Å². The van der Waals surface area contributed by atoms with Crippen molar-refractivity contribution in [2.24, 2.45) is 0 Å². The molecule has 8 nitrogen and oxygen atoms in total. The Morgan fingerprint density at radius 3 is 2.53 bits per heavy atom. The molecule has 2 aliphatic rings. The van der Waals surface area contributed by atoms with Gasteiger partial charge in [-0.2, -0.15) is 0 Å². The number of aromatic nitrogens is 1. The molecule has 3 heterocycles. The molecule has 1 fully saturated rings. The molecule has 3 aromatic rings. The summed E-state index contributed by atoms with van der Waals surface area (Å²) in [6, 6.07) is 15.2. The minimum Gasteiger partial charge on any atom is -0.485 e. The van der Waals surface area contributed by atoms with Gasteiger partial charge in [-0.05, 0) is 24.3 Å². The number of carbonyl (C=O) groups excluding carboxylic acids is 2. The largest absolute Gasteiger partial charge is 0.485 e. The number of benzene rings is 2. The van der Waals surface area contributed by atoms with E-state index in [0.29, 0.717) is 44.3 Å². The van der Waals surface area contributed by atoms with Crippen molar-refractivity contribution in [2.45, 2.75) is 12.7 Å². The van der Waals surface area contributed by atoms with E-state index in [1.54, 1.807) is 27.2 Å². The second-order valence-corrected chi connectivity index (χ2v) is 8.75. The van der Waals surface area contributed by atoms with E-state index in [4.69, 9.17) is 14.2 Å². The van der Waals surface area contributed by atoms with Crippen LogP contribution >= 0.6 is 11.3 Å². The van der Waals surface area contributed by atoms with Gasteiger partial charge in [0, 0.05) is 26.2 Å². The van der Waals surface area contributed by atoms with Crippen LogP contribution in [0.4, 0.5) is 0 Å². The SMILES string of the molecule is O=C(COCc1nc2ccccc2s1)N1CCN(C(=O)C2COc3ccccc3O2)CC1. The number of ether oxygens (including phenoxy) is 3. The first-order valence-electron chi connectivity index (χ1n) is 10.5. The average molecular weight is 454 g/mol. The summed E-state index contributed by atoms with van der Waals surface area (Å²) in [4.78, 5) is 33.3. The smallest absolute Gasteiger partial charge is 0.267 e. The number of amides is 2. The topological polar surface area (TPSA) is 81.2 Å². The Bertz CT molecular complexity index is 1090. The lowest BCUT2D eigenvalue weighted by Crippen LogP contribution is -2.55. The first-order chi connectivity index (χ1) is 15.7. The Morgan fingerprint density at radius 2 is 1.72 bits per heavy atom. The number of piperazine rings is 1. The summed E-state index contributed by atoms with van der Waals surface area (Å²) in [5.74, 6) is 1.04. The Morgan fingerprint density at radius 1 is 1.00 bits per heavy atom. The van der Waals surface area contributed by atoms with E-state index in [-0.39, 0.29) is 25.0 Å². The van der Waals surface area contributed by atoms with Crippen LogP contribution in [-0.4, -0.2) is 72.1 Å². The van der Waals surface area contributed by atoms with E-state index < -0.39 is 6.10 Å². The molecule has 0 aliphatic carbocycles. The second-order valence-electron chi connectivity index (χ2n) is 7.64. The molecule has 2 aromatic carbocycles. The van der Waals surface area contributed by atoms with Crippen molar-refractivity contribution in [3.05, 3.63) is 53.5 Å². The molecule has 0 saturated carbocycles. The summed E-state index contributed by atoms with van der Waals surface area (Å²) >= 11 is 1.57. The van der Waals surface area contributed by atoms with Gasteiger partial charge in [-0.15, -0.1) is 11.3 Å². The zero-order chi connectivity index (χ0) is 21.9. The van der Waals surface area contributed by atoms with Gasteiger partial charge in [-0.3, -0.25) is 9.59 Å². The molecule has 166 valence electrons. The van der Waals surface area contributed by atoms with Gasteiger partial charge in [0.2, 0.25) is 12.0 Å². The van der Waals surface area contributed by atoms with Crippen LogP contribution in [0.25, 0.3) is 10.2 Å². The Labute approximate surface area is 189 Å². The number of thiazole rings is 1. The molecule has 0 spiro atoms. The van der Waals surface area contributed by atoms with Gasteiger partial charge in [0.1, 0.15) is 18.2 Å². The van der Waals surface area contributed by atoms with E-state index in [0.717, 1.165) is 15.2 Å². The predicted molar refractivity (Wildman–Crippen MR) is 119 cm³/mol. The van der Waals surface area contributed by atoms with E-state index in [1.165, 1.54) is 0 Å². The van der Waals surface area contributed by atoms with Crippen molar-refractivity contribution in [3.8, 4) is 11.5 Å². The summed E-state index contributed by atoms with van der Waals surface area (Å²) < 4.78 is 18.2. The van der Waals surface area contributed by atoms with Crippen molar-refractivity contribution < 1.29 is 23.8 Å². The van der Waals surface area contributed by atoms with E-state index in [2.05, 4.69) is 4.98 Å². The molecule has 1 atom stereocenters. The van der Waals surface area contributed by atoms with Crippen LogP contribution in [0.3, 0.4) is 0 Å². The van der Waals surface area contributed by atoms with Gasteiger partial charge in [0.15, 0.2) is 11.5 Å². The first kappa shape index (κ1) is 20.7. The molecule has 1 saturated heterocycles. The molecule has 2 aliphatic heterocycles. The van der Waals surface area contributed by atoms with Gasteiger partial charge < -0.3 is 24.0 Å². The fraction of sp³-hybridized carbons (Fsp3) is 0.348. The number of hydrogen-bond donors (Lipinski definition) is 0. The Balaban J connectivity index is 1.07. The molecule has 1 unspecified atom stereocenters. The van der Waals surface area contributed by atoms with Crippen LogP contribution in [-0.2, 0) is 20.9 Å². The zero-order valence-electron chi connectivity index (χ0n) is 17.4. The van der Waals surface area contributed by atoms with Gasteiger partial charge >= 0.3 is 0 Å². The van der Waals surface area contributed by atoms with Crippen LogP contribution in [0.5, 0.6) is 11.5 Å². The lowest BCUT2D eigenvalue weighted by atomic mass is 10.2. The molecule has 0 N–H and O–H groups in total. The highest BCUT2D eigenvalue weighted by molar-refractivity contribution is 7.18. The first-order valence-corrected chi connectivity index (χ1v) is 11.4. The lowest BCUT2D eigenvalue weighted by Gasteiger charge is -2.37.